The average molecular weight is 253 g/mol. The maximum atomic E-state index is 12.9. The summed E-state index contributed by atoms with van der Waals surface area (Å²) in [6.07, 6.45) is 0.612. The van der Waals surface area contributed by atoms with E-state index >= 15 is 0 Å². The molecule has 0 radical (unpaired) electrons. The SMILES string of the molecule is C=C(C)Cc1cc[c-]cc1F.[Br-].[Mg+2]. The molecule has 0 spiro atoms. The summed E-state index contributed by atoms with van der Waals surface area (Å²) in [6.45, 7) is 5.60. The maximum absolute atomic E-state index is 12.9. The first kappa shape index (κ1) is 15.6. The molecule has 0 saturated heterocycles. The van der Waals surface area contributed by atoms with Gasteiger partial charge in [0, 0.05) is 5.82 Å². The van der Waals surface area contributed by atoms with Crippen molar-refractivity contribution in [3.05, 3.63) is 47.8 Å². The third-order valence-electron chi connectivity index (χ3n) is 1.39. The summed E-state index contributed by atoms with van der Waals surface area (Å²) in [4.78, 5) is 0. The van der Waals surface area contributed by atoms with Gasteiger partial charge in [-0.3, -0.25) is 4.39 Å². The summed E-state index contributed by atoms with van der Waals surface area (Å²) in [5, 5.41) is 0. The van der Waals surface area contributed by atoms with E-state index in [2.05, 4.69) is 12.6 Å². The molecule has 0 atom stereocenters. The van der Waals surface area contributed by atoms with Gasteiger partial charge in [-0.2, -0.15) is 18.2 Å². The van der Waals surface area contributed by atoms with Crippen LogP contribution in [0.3, 0.4) is 0 Å². The van der Waals surface area contributed by atoms with Crippen LogP contribution in [-0.4, -0.2) is 23.1 Å². The molecule has 0 heterocycles. The molecule has 0 unspecified atom stereocenters. The van der Waals surface area contributed by atoms with Gasteiger partial charge in [0.2, 0.25) is 0 Å². The molecule has 0 amide bonds. The Kier molecular flexibility index (Phi) is 9.04. The molecule has 0 aliphatic carbocycles. The van der Waals surface area contributed by atoms with Crippen molar-refractivity contribution in [3.8, 4) is 0 Å². The Labute approximate surface area is 105 Å². The van der Waals surface area contributed by atoms with Crippen LogP contribution in [0.4, 0.5) is 4.39 Å². The van der Waals surface area contributed by atoms with Crippen LogP contribution in [0, 0.1) is 11.9 Å². The van der Waals surface area contributed by atoms with E-state index in [1.165, 1.54) is 6.07 Å². The van der Waals surface area contributed by atoms with Gasteiger partial charge >= 0.3 is 23.1 Å². The van der Waals surface area contributed by atoms with Crippen LogP contribution in [0.25, 0.3) is 0 Å². The van der Waals surface area contributed by atoms with Crippen molar-refractivity contribution in [2.75, 3.05) is 0 Å². The van der Waals surface area contributed by atoms with Gasteiger partial charge in [0.15, 0.2) is 0 Å². The molecule has 1 rings (SSSR count). The fourth-order valence-electron chi connectivity index (χ4n) is 0.911. The molecule has 0 nitrogen and oxygen atoms in total. The van der Waals surface area contributed by atoms with Crippen molar-refractivity contribution < 1.29 is 21.4 Å². The van der Waals surface area contributed by atoms with Crippen molar-refractivity contribution in [2.24, 2.45) is 0 Å². The zero-order chi connectivity index (χ0) is 8.27. The molecule has 1 aromatic rings. The van der Waals surface area contributed by atoms with E-state index in [1.54, 1.807) is 12.1 Å². The second-order valence-electron chi connectivity index (χ2n) is 2.65. The summed E-state index contributed by atoms with van der Waals surface area (Å²) in [5.41, 5.74) is 1.66. The van der Waals surface area contributed by atoms with Gasteiger partial charge in [-0.1, -0.05) is 12.2 Å². The standard InChI is InChI=1S/C10H10F.BrH.Mg/c1-8(2)7-9-5-3-4-6-10(9)11;;/h3,5-6H,1,7H2,2H3;1H;/q-1;;+2/p-1. The summed E-state index contributed by atoms with van der Waals surface area (Å²) >= 11 is 0. The van der Waals surface area contributed by atoms with Crippen LogP contribution in [-0.2, 0) is 6.42 Å². The fraction of sp³-hybridized carbons (Fsp3) is 0.200. The van der Waals surface area contributed by atoms with Crippen molar-refractivity contribution in [1.29, 1.82) is 0 Å². The summed E-state index contributed by atoms with van der Waals surface area (Å²) in [5.74, 6) is -0.199. The minimum atomic E-state index is -0.199. The number of rotatable bonds is 2. The largest absolute Gasteiger partial charge is 2.00 e. The molecular weight excluding hydrogens is 243 g/mol. The molecule has 0 aliphatic heterocycles. The van der Waals surface area contributed by atoms with Gasteiger partial charge < -0.3 is 17.0 Å². The Morgan fingerprint density at radius 2 is 2.23 bits per heavy atom. The van der Waals surface area contributed by atoms with Crippen molar-refractivity contribution in [2.45, 2.75) is 13.3 Å². The zero-order valence-electron chi connectivity index (χ0n) is 7.61. The molecule has 13 heavy (non-hydrogen) atoms. The van der Waals surface area contributed by atoms with Crippen LogP contribution < -0.4 is 17.0 Å². The minimum Gasteiger partial charge on any atom is -1.00 e. The third kappa shape index (κ3) is 5.44. The number of benzene rings is 1. The number of allylic oxidation sites excluding steroid dienone is 1. The molecule has 1 aromatic carbocycles. The normalized spacial score (nSPS) is 8.15. The van der Waals surface area contributed by atoms with Gasteiger partial charge in [0.25, 0.3) is 0 Å². The van der Waals surface area contributed by atoms with Crippen LogP contribution >= 0.6 is 0 Å². The van der Waals surface area contributed by atoms with Crippen LogP contribution in [0.2, 0.25) is 0 Å². The van der Waals surface area contributed by atoms with Gasteiger partial charge in [0.1, 0.15) is 0 Å². The van der Waals surface area contributed by atoms with E-state index in [4.69, 9.17) is 0 Å². The van der Waals surface area contributed by atoms with Crippen molar-refractivity contribution in [3.63, 3.8) is 0 Å². The Hall–Kier alpha value is 0.136. The minimum absolute atomic E-state index is 0. The van der Waals surface area contributed by atoms with E-state index < -0.39 is 0 Å². The number of halogens is 2. The quantitative estimate of drug-likeness (QED) is 0.374. The van der Waals surface area contributed by atoms with Crippen molar-refractivity contribution in [1.82, 2.24) is 0 Å². The summed E-state index contributed by atoms with van der Waals surface area (Å²) < 4.78 is 12.9. The van der Waals surface area contributed by atoms with E-state index in [0.717, 1.165) is 5.57 Å². The molecule has 3 heteroatoms. The van der Waals surface area contributed by atoms with E-state index in [-0.39, 0.29) is 45.9 Å². The molecule has 0 fully saturated rings. The first-order valence-corrected chi connectivity index (χ1v) is 3.49. The molecule has 0 N–H and O–H groups in total. The zero-order valence-corrected chi connectivity index (χ0v) is 10.6. The Balaban J connectivity index is 0. The number of hydrogen-bond acceptors (Lipinski definition) is 0. The van der Waals surface area contributed by atoms with Crippen LogP contribution in [0.5, 0.6) is 0 Å². The topological polar surface area (TPSA) is 0 Å². The second-order valence-corrected chi connectivity index (χ2v) is 2.65. The van der Waals surface area contributed by atoms with Gasteiger partial charge in [-0.05, 0) is 13.3 Å². The molecule has 66 valence electrons. The predicted octanol–water partition coefficient (Wildman–Crippen LogP) is -0.632. The molecule has 0 saturated carbocycles. The smallest absolute Gasteiger partial charge is 1.00 e. The second kappa shape index (κ2) is 7.53. The molecule has 0 aliphatic rings. The molecule has 0 aromatic heterocycles. The average Bonchev–Trinajstić information content (AvgIpc) is 1.93. The predicted molar refractivity (Wildman–Crippen MR) is 49.5 cm³/mol. The van der Waals surface area contributed by atoms with Gasteiger partial charge in [-0.25, -0.2) is 0 Å². The van der Waals surface area contributed by atoms with Gasteiger partial charge in [-0.15, -0.1) is 11.6 Å². The Bertz CT molecular complexity index is 273. The monoisotopic (exact) mass is 252 g/mol. The molecule has 0 bridgehead atoms. The van der Waals surface area contributed by atoms with Crippen LogP contribution in [0.1, 0.15) is 12.5 Å². The maximum Gasteiger partial charge on any atom is 2.00 e. The summed E-state index contributed by atoms with van der Waals surface area (Å²) in [7, 11) is 0. The van der Waals surface area contributed by atoms with Crippen LogP contribution in [0.15, 0.2) is 30.4 Å². The third-order valence-corrected chi connectivity index (χ3v) is 1.39. The Morgan fingerprint density at radius 3 is 2.69 bits per heavy atom. The van der Waals surface area contributed by atoms with E-state index in [9.17, 15) is 4.39 Å². The molecular formula is C10H10BrFMg. The Morgan fingerprint density at radius 1 is 1.62 bits per heavy atom. The number of hydrogen-bond donors (Lipinski definition) is 0. The van der Waals surface area contributed by atoms with E-state index in [1.807, 2.05) is 6.92 Å². The van der Waals surface area contributed by atoms with Gasteiger partial charge in [0.05, 0.1) is 0 Å². The first-order chi connectivity index (χ1) is 5.20. The van der Waals surface area contributed by atoms with E-state index in [0.29, 0.717) is 12.0 Å². The summed E-state index contributed by atoms with van der Waals surface area (Å²) in [6, 6.07) is 7.45. The fourth-order valence-corrected chi connectivity index (χ4v) is 0.911. The van der Waals surface area contributed by atoms with Crippen molar-refractivity contribution >= 4 is 23.1 Å². The first-order valence-electron chi connectivity index (χ1n) is 3.49.